The minimum Gasteiger partial charge on any atom is -0.484 e. The van der Waals surface area contributed by atoms with Crippen LogP contribution in [-0.4, -0.2) is 29.3 Å². The maximum absolute atomic E-state index is 12.6. The van der Waals surface area contributed by atoms with Crippen LogP contribution in [0, 0.1) is 0 Å². The highest BCUT2D eigenvalue weighted by molar-refractivity contribution is 7.89. The van der Waals surface area contributed by atoms with Gasteiger partial charge in [-0.1, -0.05) is 42.5 Å². The molecule has 0 saturated carbocycles. The Balaban J connectivity index is 1.50. The van der Waals surface area contributed by atoms with Gasteiger partial charge in [-0.15, -0.1) is 0 Å². The largest absolute Gasteiger partial charge is 0.484 e. The number of carbonyl (C=O) groups excluding carboxylic acids is 1. The number of primary sulfonamides is 1. The van der Waals surface area contributed by atoms with Crippen LogP contribution >= 0.6 is 0 Å². The summed E-state index contributed by atoms with van der Waals surface area (Å²) in [5.74, 6) is -0.0618. The normalized spacial score (nSPS) is 12.6. The van der Waals surface area contributed by atoms with Crippen LogP contribution in [0.25, 0.3) is 0 Å². The van der Waals surface area contributed by atoms with Gasteiger partial charge in [0, 0.05) is 12.6 Å². The number of carbonyl (C=O) groups is 1. The molecule has 9 nitrogen and oxygen atoms in total. The molecular formula is C23H25N3O6S2. The Labute approximate surface area is 199 Å². The second-order valence-electron chi connectivity index (χ2n) is 7.48. The molecule has 0 fully saturated rings. The number of rotatable bonds is 10. The van der Waals surface area contributed by atoms with Crippen LogP contribution in [0.15, 0.2) is 88.7 Å². The molecule has 0 unspecified atom stereocenters. The number of ether oxygens (including phenoxy) is 1. The van der Waals surface area contributed by atoms with Gasteiger partial charge in [-0.2, -0.15) is 0 Å². The maximum Gasteiger partial charge on any atom is 0.258 e. The summed E-state index contributed by atoms with van der Waals surface area (Å²) in [6.07, 6.45) is 0. The average Bonchev–Trinajstić information content (AvgIpc) is 2.81. The van der Waals surface area contributed by atoms with E-state index in [1.165, 1.54) is 36.4 Å². The smallest absolute Gasteiger partial charge is 0.258 e. The molecule has 0 bridgehead atoms. The number of hydrogen-bond donors (Lipinski definition) is 3. The molecular weight excluding hydrogens is 478 g/mol. The monoisotopic (exact) mass is 503 g/mol. The number of amides is 1. The highest BCUT2D eigenvalue weighted by atomic mass is 32.2. The maximum atomic E-state index is 12.6. The van der Waals surface area contributed by atoms with E-state index >= 15 is 0 Å². The summed E-state index contributed by atoms with van der Waals surface area (Å²) in [6, 6.07) is 20.4. The van der Waals surface area contributed by atoms with E-state index in [1.54, 1.807) is 19.1 Å². The zero-order chi connectivity index (χ0) is 24.8. The third-order valence-electron chi connectivity index (χ3n) is 4.88. The Morgan fingerprint density at radius 3 is 2.06 bits per heavy atom. The van der Waals surface area contributed by atoms with E-state index in [-0.39, 0.29) is 22.9 Å². The molecule has 1 amide bonds. The van der Waals surface area contributed by atoms with Crippen molar-refractivity contribution in [2.24, 2.45) is 5.14 Å². The van der Waals surface area contributed by atoms with E-state index in [0.717, 1.165) is 5.56 Å². The molecule has 0 saturated heterocycles. The number of hydrogen-bond acceptors (Lipinski definition) is 6. The van der Waals surface area contributed by atoms with E-state index in [2.05, 4.69) is 10.0 Å². The van der Waals surface area contributed by atoms with Gasteiger partial charge >= 0.3 is 0 Å². The molecule has 3 rings (SSSR count). The zero-order valence-corrected chi connectivity index (χ0v) is 20.0. The van der Waals surface area contributed by atoms with Gasteiger partial charge in [0.05, 0.1) is 9.79 Å². The van der Waals surface area contributed by atoms with E-state index in [0.29, 0.717) is 11.3 Å². The van der Waals surface area contributed by atoms with Crippen molar-refractivity contribution in [2.45, 2.75) is 29.3 Å². The summed E-state index contributed by atoms with van der Waals surface area (Å²) >= 11 is 0. The summed E-state index contributed by atoms with van der Waals surface area (Å²) in [5, 5.41) is 7.70. The fourth-order valence-corrected chi connectivity index (χ4v) is 4.77. The number of nitrogens with one attached hydrogen (secondary N) is 2. The van der Waals surface area contributed by atoms with Gasteiger partial charge in [-0.05, 0) is 54.4 Å². The van der Waals surface area contributed by atoms with Gasteiger partial charge in [0.2, 0.25) is 20.0 Å². The van der Waals surface area contributed by atoms with E-state index in [1.807, 2.05) is 30.3 Å². The molecule has 180 valence electrons. The fraction of sp³-hybridized carbons (Fsp3) is 0.174. The van der Waals surface area contributed by atoms with Crippen LogP contribution in [0.1, 0.15) is 24.1 Å². The van der Waals surface area contributed by atoms with E-state index < -0.39 is 32.0 Å². The van der Waals surface area contributed by atoms with E-state index in [4.69, 9.17) is 9.88 Å². The van der Waals surface area contributed by atoms with Gasteiger partial charge in [-0.3, -0.25) is 4.79 Å². The lowest BCUT2D eigenvalue weighted by Gasteiger charge is -2.15. The highest BCUT2D eigenvalue weighted by Gasteiger charge is 2.18. The second kappa shape index (κ2) is 10.8. The summed E-state index contributed by atoms with van der Waals surface area (Å²) < 4.78 is 55.8. The zero-order valence-electron chi connectivity index (χ0n) is 18.3. The van der Waals surface area contributed by atoms with E-state index in [9.17, 15) is 21.6 Å². The first-order chi connectivity index (χ1) is 16.0. The molecule has 34 heavy (non-hydrogen) atoms. The van der Waals surface area contributed by atoms with Crippen LogP contribution in [0.2, 0.25) is 0 Å². The summed E-state index contributed by atoms with van der Waals surface area (Å²) in [7, 11) is -7.51. The van der Waals surface area contributed by atoms with Crippen LogP contribution in [-0.2, 0) is 31.4 Å². The highest BCUT2D eigenvalue weighted by Crippen LogP contribution is 2.19. The Morgan fingerprint density at radius 1 is 0.882 bits per heavy atom. The predicted molar refractivity (Wildman–Crippen MR) is 127 cm³/mol. The number of nitrogens with two attached hydrogens (primary N) is 1. The molecule has 0 aliphatic rings. The second-order valence-corrected chi connectivity index (χ2v) is 10.8. The van der Waals surface area contributed by atoms with Gasteiger partial charge < -0.3 is 10.1 Å². The first kappa shape index (κ1) is 25.4. The van der Waals surface area contributed by atoms with Crippen molar-refractivity contribution in [1.29, 1.82) is 0 Å². The summed E-state index contributed by atoms with van der Waals surface area (Å²) in [5.41, 5.74) is 1.53. The van der Waals surface area contributed by atoms with Crippen molar-refractivity contribution in [2.75, 3.05) is 6.61 Å². The van der Waals surface area contributed by atoms with Crippen LogP contribution < -0.4 is 19.9 Å². The average molecular weight is 504 g/mol. The first-order valence-corrected chi connectivity index (χ1v) is 13.3. The quantitative estimate of drug-likeness (QED) is 0.386. The molecule has 0 radical (unpaired) electrons. The Hall–Kier alpha value is -3.25. The number of benzene rings is 3. The lowest BCUT2D eigenvalue weighted by Crippen LogP contribution is -2.28. The third kappa shape index (κ3) is 7.12. The number of sulfonamides is 2. The van der Waals surface area contributed by atoms with Gasteiger partial charge in [0.25, 0.3) is 5.91 Å². The topological polar surface area (TPSA) is 145 Å². The lowest BCUT2D eigenvalue weighted by atomic mass is 10.1. The molecule has 0 aliphatic heterocycles. The molecule has 3 aromatic rings. The van der Waals surface area contributed by atoms with Crippen LogP contribution in [0.3, 0.4) is 0 Å². The predicted octanol–water partition coefficient (Wildman–Crippen LogP) is 2.07. The Bertz CT molecular complexity index is 1330. The Kier molecular flexibility index (Phi) is 8.05. The van der Waals surface area contributed by atoms with Crippen molar-refractivity contribution in [1.82, 2.24) is 10.0 Å². The van der Waals surface area contributed by atoms with Crippen molar-refractivity contribution in [3.05, 3.63) is 90.0 Å². The molecule has 4 N–H and O–H groups in total. The minimum atomic E-state index is -3.77. The summed E-state index contributed by atoms with van der Waals surface area (Å²) in [6.45, 7) is 1.66. The SMILES string of the molecule is C[C@@H](NS(=O)(=O)c1ccc(OCC(=O)NCc2ccc(S(N)(=O)=O)cc2)cc1)c1ccccc1. The molecule has 0 aromatic heterocycles. The van der Waals surface area contributed by atoms with Crippen molar-refractivity contribution in [3.8, 4) is 5.75 Å². The van der Waals surface area contributed by atoms with Gasteiger partial charge in [0.1, 0.15) is 5.75 Å². The van der Waals surface area contributed by atoms with Crippen LogP contribution in [0.4, 0.5) is 0 Å². The van der Waals surface area contributed by atoms with Gasteiger partial charge in [0.15, 0.2) is 6.61 Å². The van der Waals surface area contributed by atoms with Crippen LogP contribution in [0.5, 0.6) is 5.75 Å². The lowest BCUT2D eigenvalue weighted by molar-refractivity contribution is -0.123. The van der Waals surface area contributed by atoms with Crippen molar-refractivity contribution >= 4 is 26.0 Å². The van der Waals surface area contributed by atoms with Gasteiger partial charge in [-0.25, -0.2) is 26.7 Å². The molecule has 0 aliphatic carbocycles. The van der Waals surface area contributed by atoms with Crippen molar-refractivity contribution < 1.29 is 26.4 Å². The summed E-state index contributed by atoms with van der Waals surface area (Å²) in [4.78, 5) is 12.1. The van der Waals surface area contributed by atoms with Crippen molar-refractivity contribution in [3.63, 3.8) is 0 Å². The molecule has 1 atom stereocenters. The standard InChI is InChI=1S/C23H25N3O6S2/c1-17(19-5-3-2-4-6-19)26-34(30,31)22-13-9-20(10-14-22)32-16-23(27)25-15-18-7-11-21(12-8-18)33(24,28)29/h2-14,17,26H,15-16H2,1H3,(H,25,27)(H2,24,28,29)/t17-/m1/s1. The molecule has 3 aromatic carbocycles. The Morgan fingerprint density at radius 2 is 1.47 bits per heavy atom. The molecule has 0 spiro atoms. The first-order valence-electron chi connectivity index (χ1n) is 10.2. The fourth-order valence-electron chi connectivity index (χ4n) is 3.02. The minimum absolute atomic E-state index is 0.0129. The molecule has 11 heteroatoms. The third-order valence-corrected chi connectivity index (χ3v) is 7.36. The molecule has 0 heterocycles.